The number of hydrogen-bond donors (Lipinski definition) is 1. The van der Waals surface area contributed by atoms with E-state index in [1.165, 1.54) is 10.9 Å². The molecule has 1 amide bonds. The minimum absolute atomic E-state index is 0.0173. The number of aryl methyl sites for hydroxylation is 1. The van der Waals surface area contributed by atoms with Gasteiger partial charge in [0.2, 0.25) is 0 Å². The minimum atomic E-state index is -1.15. The van der Waals surface area contributed by atoms with Crippen molar-refractivity contribution in [3.05, 3.63) is 17.5 Å². The van der Waals surface area contributed by atoms with Crippen LogP contribution in [0, 0.1) is 0 Å². The lowest BCUT2D eigenvalue weighted by molar-refractivity contribution is -0.0587. The Morgan fingerprint density at radius 1 is 1.37 bits per heavy atom. The number of amides is 1. The normalized spacial score (nSPS) is 23.4. The maximum absolute atomic E-state index is 12.4. The fraction of sp³-hybridized carbons (Fsp3) is 0.583. The number of aromatic carboxylic acids is 1. The molecule has 0 spiro atoms. The van der Waals surface area contributed by atoms with Crippen LogP contribution in [0.15, 0.2) is 6.20 Å². The van der Waals surface area contributed by atoms with E-state index in [4.69, 9.17) is 9.84 Å². The van der Waals surface area contributed by atoms with Crippen LogP contribution in [0.4, 0.5) is 0 Å². The first kappa shape index (κ1) is 13.5. The molecule has 0 aliphatic carbocycles. The number of hydrogen-bond acceptors (Lipinski definition) is 4. The van der Waals surface area contributed by atoms with E-state index in [0.29, 0.717) is 13.1 Å². The van der Waals surface area contributed by atoms with Crippen LogP contribution in [0.1, 0.15) is 34.7 Å². The Morgan fingerprint density at radius 2 is 1.95 bits per heavy atom. The first-order valence-corrected chi connectivity index (χ1v) is 6.10. The molecule has 0 radical (unpaired) electrons. The monoisotopic (exact) mass is 267 g/mol. The first-order valence-electron chi connectivity index (χ1n) is 6.10. The second-order valence-corrected chi connectivity index (χ2v) is 4.84. The topological polar surface area (TPSA) is 84.7 Å². The maximum atomic E-state index is 12.4. The molecule has 1 aliphatic rings. The van der Waals surface area contributed by atoms with Gasteiger partial charge in [0, 0.05) is 26.3 Å². The van der Waals surface area contributed by atoms with Gasteiger partial charge in [0.15, 0.2) is 5.69 Å². The van der Waals surface area contributed by atoms with Gasteiger partial charge in [0.25, 0.3) is 5.91 Å². The molecule has 7 heteroatoms. The third-order valence-corrected chi connectivity index (χ3v) is 2.97. The van der Waals surface area contributed by atoms with E-state index < -0.39 is 5.97 Å². The summed E-state index contributed by atoms with van der Waals surface area (Å²) >= 11 is 0. The molecule has 1 N–H and O–H groups in total. The highest BCUT2D eigenvalue weighted by molar-refractivity contribution is 6.03. The van der Waals surface area contributed by atoms with Gasteiger partial charge in [-0.3, -0.25) is 9.48 Å². The van der Waals surface area contributed by atoms with Gasteiger partial charge in [-0.05, 0) is 13.8 Å². The largest absolute Gasteiger partial charge is 0.478 e. The summed E-state index contributed by atoms with van der Waals surface area (Å²) in [6, 6.07) is 0. The van der Waals surface area contributed by atoms with Crippen molar-refractivity contribution in [3.63, 3.8) is 0 Å². The molecule has 1 aromatic rings. The number of carboxylic acid groups (broad SMARTS) is 1. The van der Waals surface area contributed by atoms with Gasteiger partial charge in [-0.15, -0.1) is 0 Å². The molecule has 19 heavy (non-hydrogen) atoms. The van der Waals surface area contributed by atoms with Crippen molar-refractivity contribution in [2.75, 3.05) is 13.1 Å². The average molecular weight is 267 g/mol. The molecule has 0 aromatic carbocycles. The SMILES string of the molecule is CC1CN(C(=O)c2nn(C)cc2C(=O)O)CC(C)O1. The van der Waals surface area contributed by atoms with Crippen LogP contribution < -0.4 is 0 Å². The Kier molecular flexibility index (Phi) is 3.57. The summed E-state index contributed by atoms with van der Waals surface area (Å²) in [5, 5.41) is 13.0. The molecule has 0 bridgehead atoms. The summed E-state index contributed by atoms with van der Waals surface area (Å²) in [6.07, 6.45) is 1.21. The summed E-state index contributed by atoms with van der Waals surface area (Å²) in [5.41, 5.74) is -0.0874. The van der Waals surface area contributed by atoms with Crippen LogP contribution in [0.25, 0.3) is 0 Å². The number of ether oxygens (including phenoxy) is 1. The van der Waals surface area contributed by atoms with Crippen LogP contribution >= 0.6 is 0 Å². The highest BCUT2D eigenvalue weighted by atomic mass is 16.5. The number of morpholine rings is 1. The van der Waals surface area contributed by atoms with Crippen LogP contribution in [-0.2, 0) is 11.8 Å². The smallest absolute Gasteiger partial charge is 0.339 e. The second kappa shape index (κ2) is 5.00. The summed E-state index contributed by atoms with van der Waals surface area (Å²) in [4.78, 5) is 25.1. The van der Waals surface area contributed by atoms with E-state index >= 15 is 0 Å². The Morgan fingerprint density at radius 3 is 2.47 bits per heavy atom. The van der Waals surface area contributed by atoms with Gasteiger partial charge in [-0.25, -0.2) is 4.79 Å². The molecule has 2 unspecified atom stereocenters. The van der Waals surface area contributed by atoms with Crippen molar-refractivity contribution in [1.29, 1.82) is 0 Å². The number of carbonyl (C=O) groups excluding carboxylic acids is 1. The minimum Gasteiger partial charge on any atom is -0.478 e. The molecule has 1 saturated heterocycles. The predicted octanol–water partition coefficient (Wildman–Crippen LogP) is 0.368. The van der Waals surface area contributed by atoms with Gasteiger partial charge < -0.3 is 14.7 Å². The zero-order valence-corrected chi connectivity index (χ0v) is 11.2. The van der Waals surface area contributed by atoms with Crippen LogP contribution in [-0.4, -0.2) is 57.0 Å². The maximum Gasteiger partial charge on any atom is 0.339 e. The van der Waals surface area contributed by atoms with E-state index in [0.717, 1.165) is 0 Å². The van der Waals surface area contributed by atoms with E-state index in [1.807, 2.05) is 13.8 Å². The second-order valence-electron chi connectivity index (χ2n) is 4.84. The summed E-state index contributed by atoms with van der Waals surface area (Å²) < 4.78 is 6.89. The number of aromatic nitrogens is 2. The Labute approximate surface area is 110 Å². The zero-order valence-electron chi connectivity index (χ0n) is 11.2. The molecule has 0 saturated carbocycles. The molecule has 7 nitrogen and oxygen atoms in total. The highest BCUT2D eigenvalue weighted by Gasteiger charge is 2.30. The number of rotatable bonds is 2. The standard InChI is InChI=1S/C12H17N3O4/c1-7-4-15(5-8(2)19-7)11(16)10-9(12(17)18)6-14(3)13-10/h6-8H,4-5H2,1-3H3,(H,17,18). The molecular formula is C12H17N3O4. The Hall–Kier alpha value is -1.89. The molecule has 1 aromatic heterocycles. The third-order valence-electron chi connectivity index (χ3n) is 2.97. The Balaban J connectivity index is 2.26. The van der Waals surface area contributed by atoms with E-state index in [-0.39, 0.29) is 29.4 Å². The van der Waals surface area contributed by atoms with Gasteiger partial charge in [-0.1, -0.05) is 0 Å². The number of carboxylic acids is 1. The summed E-state index contributed by atoms with van der Waals surface area (Å²) in [7, 11) is 1.59. The third kappa shape index (κ3) is 2.76. The molecular weight excluding hydrogens is 250 g/mol. The average Bonchev–Trinajstić information content (AvgIpc) is 2.69. The molecule has 2 rings (SSSR count). The van der Waals surface area contributed by atoms with Gasteiger partial charge >= 0.3 is 5.97 Å². The fourth-order valence-corrected chi connectivity index (χ4v) is 2.30. The van der Waals surface area contributed by atoms with Crippen molar-refractivity contribution in [1.82, 2.24) is 14.7 Å². The molecule has 2 atom stereocenters. The first-order chi connectivity index (χ1) is 8.88. The van der Waals surface area contributed by atoms with Crippen molar-refractivity contribution in [3.8, 4) is 0 Å². The summed E-state index contributed by atoms with van der Waals surface area (Å²) in [6.45, 7) is 4.65. The molecule has 2 heterocycles. The molecule has 1 aliphatic heterocycles. The quantitative estimate of drug-likeness (QED) is 0.836. The predicted molar refractivity (Wildman–Crippen MR) is 66.1 cm³/mol. The van der Waals surface area contributed by atoms with Crippen LogP contribution in [0.2, 0.25) is 0 Å². The fourth-order valence-electron chi connectivity index (χ4n) is 2.30. The lowest BCUT2D eigenvalue weighted by Gasteiger charge is -2.35. The number of carbonyl (C=O) groups is 2. The van der Waals surface area contributed by atoms with Crippen molar-refractivity contribution < 1.29 is 19.4 Å². The van der Waals surface area contributed by atoms with E-state index in [1.54, 1.807) is 11.9 Å². The van der Waals surface area contributed by atoms with Crippen LogP contribution in [0.5, 0.6) is 0 Å². The summed E-state index contributed by atoms with van der Waals surface area (Å²) in [5.74, 6) is -1.51. The van der Waals surface area contributed by atoms with Crippen molar-refractivity contribution >= 4 is 11.9 Å². The van der Waals surface area contributed by atoms with Crippen LogP contribution in [0.3, 0.4) is 0 Å². The Bertz CT molecular complexity index is 501. The zero-order chi connectivity index (χ0) is 14.2. The van der Waals surface area contributed by atoms with Crippen molar-refractivity contribution in [2.24, 2.45) is 7.05 Å². The number of nitrogens with zero attached hydrogens (tertiary/aromatic N) is 3. The van der Waals surface area contributed by atoms with Gasteiger partial charge in [0.05, 0.1) is 12.2 Å². The lowest BCUT2D eigenvalue weighted by Crippen LogP contribution is -2.48. The lowest BCUT2D eigenvalue weighted by atomic mass is 10.2. The molecule has 1 fully saturated rings. The van der Waals surface area contributed by atoms with E-state index in [2.05, 4.69) is 5.10 Å². The van der Waals surface area contributed by atoms with Gasteiger partial charge in [-0.2, -0.15) is 5.10 Å². The highest BCUT2D eigenvalue weighted by Crippen LogP contribution is 2.16. The molecule has 104 valence electrons. The van der Waals surface area contributed by atoms with Gasteiger partial charge in [0.1, 0.15) is 5.56 Å². The van der Waals surface area contributed by atoms with E-state index in [9.17, 15) is 9.59 Å². The van der Waals surface area contributed by atoms with Crippen molar-refractivity contribution in [2.45, 2.75) is 26.1 Å².